The number of benzene rings is 1. The number of nitrogens with zero attached hydrogens (tertiary/aromatic N) is 1. The Morgan fingerprint density at radius 2 is 1.19 bits per heavy atom. The van der Waals surface area contributed by atoms with Crippen LogP contribution in [0.15, 0.2) is 18.2 Å². The molecule has 0 atom stereocenters. The fourth-order valence-electron chi connectivity index (χ4n) is 8.30. The molecule has 0 bridgehead atoms. The molecule has 0 heterocycles. The number of rotatable bonds is 8. The smallest absolute Gasteiger partial charge is 0.254 e. The third kappa shape index (κ3) is 8.42. The molecule has 3 fully saturated rings. The van der Waals surface area contributed by atoms with Crippen molar-refractivity contribution in [2.24, 2.45) is 46.7 Å². The Kier molecular flexibility index (Phi) is 11.0. The first-order valence-electron chi connectivity index (χ1n) is 17.3. The van der Waals surface area contributed by atoms with E-state index in [4.69, 9.17) is 5.73 Å². The van der Waals surface area contributed by atoms with Crippen LogP contribution in [0.3, 0.4) is 0 Å². The lowest BCUT2D eigenvalue weighted by Gasteiger charge is -2.45. The molecule has 3 saturated carbocycles. The van der Waals surface area contributed by atoms with Gasteiger partial charge in [0.2, 0.25) is 11.8 Å². The molecule has 6 heteroatoms. The summed E-state index contributed by atoms with van der Waals surface area (Å²) in [5.74, 6) is 2.68. The molecule has 0 radical (unpaired) electrons. The summed E-state index contributed by atoms with van der Waals surface area (Å²) in [5.41, 5.74) is 7.23. The highest BCUT2D eigenvalue weighted by Crippen LogP contribution is 2.41. The van der Waals surface area contributed by atoms with Crippen LogP contribution in [0.25, 0.3) is 0 Å². The largest absolute Gasteiger partial charge is 0.366 e. The fraction of sp³-hybridized carbons (Fsp3) is 0.757. The van der Waals surface area contributed by atoms with Crippen molar-refractivity contribution < 1.29 is 14.4 Å². The average molecular weight is 594 g/mol. The zero-order valence-electron chi connectivity index (χ0n) is 28.1. The highest BCUT2D eigenvalue weighted by molar-refractivity contribution is 6.02. The van der Waals surface area contributed by atoms with E-state index in [0.717, 1.165) is 77.0 Å². The van der Waals surface area contributed by atoms with Gasteiger partial charge in [0.05, 0.1) is 0 Å². The number of nitrogens with one attached hydrogen (secondary N) is 1. The third-order valence-corrected chi connectivity index (χ3v) is 11.4. The number of hydrogen-bond donors (Lipinski definition) is 2. The summed E-state index contributed by atoms with van der Waals surface area (Å²) in [5, 5.41) is 3.07. The average Bonchev–Trinajstić information content (AvgIpc) is 2.97. The summed E-state index contributed by atoms with van der Waals surface area (Å²) in [6.45, 7) is 16.1. The number of hydrogen-bond acceptors (Lipinski definition) is 3. The second-order valence-corrected chi connectivity index (χ2v) is 15.9. The molecule has 240 valence electrons. The molecule has 0 unspecified atom stereocenters. The van der Waals surface area contributed by atoms with Gasteiger partial charge in [-0.15, -0.1) is 0 Å². The Hall–Kier alpha value is -2.37. The van der Waals surface area contributed by atoms with Gasteiger partial charge in [-0.25, -0.2) is 0 Å². The standard InChI is InChI=1S/C37H59N3O3/c1-23(2)25-10-16-32(17-11-25)40(33-18-12-26(13-19-33)24(3)4)36(43)29-20-28(34(38)41)21-31(22-29)39-35(42)27-8-14-30(15-9-27)37(5,6)7/h20-27,30,32-33H,8-19H2,1-7H3,(H2,38,41)(H,39,42)/t25-,26-,27-,30+,32+,33+. The topological polar surface area (TPSA) is 92.5 Å². The van der Waals surface area contributed by atoms with Crippen molar-refractivity contribution in [3.05, 3.63) is 29.3 Å². The number of amides is 3. The van der Waals surface area contributed by atoms with Gasteiger partial charge in [-0.05, 0) is 130 Å². The van der Waals surface area contributed by atoms with Crippen LogP contribution in [-0.2, 0) is 4.79 Å². The van der Waals surface area contributed by atoms with Crippen molar-refractivity contribution in [3.8, 4) is 0 Å². The van der Waals surface area contributed by atoms with Gasteiger partial charge in [-0.2, -0.15) is 0 Å². The van der Waals surface area contributed by atoms with Crippen LogP contribution in [0.4, 0.5) is 5.69 Å². The van der Waals surface area contributed by atoms with Gasteiger partial charge in [-0.1, -0.05) is 48.5 Å². The van der Waals surface area contributed by atoms with Crippen LogP contribution >= 0.6 is 0 Å². The van der Waals surface area contributed by atoms with Gasteiger partial charge in [0.25, 0.3) is 5.91 Å². The minimum Gasteiger partial charge on any atom is -0.366 e. The Balaban J connectivity index is 1.55. The van der Waals surface area contributed by atoms with E-state index in [0.29, 0.717) is 40.8 Å². The van der Waals surface area contributed by atoms with Gasteiger partial charge >= 0.3 is 0 Å². The highest BCUT2D eigenvalue weighted by atomic mass is 16.2. The van der Waals surface area contributed by atoms with Gasteiger partial charge in [0, 0.05) is 34.8 Å². The summed E-state index contributed by atoms with van der Waals surface area (Å²) in [4.78, 5) is 42.4. The monoisotopic (exact) mass is 593 g/mol. The van der Waals surface area contributed by atoms with Crippen molar-refractivity contribution in [2.75, 3.05) is 5.32 Å². The molecule has 3 amide bonds. The van der Waals surface area contributed by atoms with E-state index in [-0.39, 0.29) is 40.8 Å². The predicted octanol–water partition coefficient (Wildman–Crippen LogP) is 8.45. The minimum absolute atomic E-state index is 0.0229. The quantitative estimate of drug-likeness (QED) is 0.317. The molecule has 43 heavy (non-hydrogen) atoms. The van der Waals surface area contributed by atoms with Crippen LogP contribution in [0, 0.1) is 40.9 Å². The molecule has 0 aliphatic heterocycles. The lowest BCUT2D eigenvalue weighted by Crippen LogP contribution is -2.50. The van der Waals surface area contributed by atoms with Crippen LogP contribution in [0.2, 0.25) is 0 Å². The van der Waals surface area contributed by atoms with E-state index >= 15 is 0 Å². The van der Waals surface area contributed by atoms with Crippen LogP contribution < -0.4 is 11.1 Å². The van der Waals surface area contributed by atoms with Crippen molar-refractivity contribution in [2.45, 2.75) is 138 Å². The number of anilines is 1. The van der Waals surface area contributed by atoms with Crippen LogP contribution in [0.1, 0.15) is 146 Å². The molecule has 3 aliphatic carbocycles. The first-order valence-corrected chi connectivity index (χ1v) is 17.3. The maximum atomic E-state index is 14.5. The van der Waals surface area contributed by atoms with E-state index in [2.05, 4.69) is 58.7 Å². The summed E-state index contributed by atoms with van der Waals surface area (Å²) >= 11 is 0. The zero-order chi connectivity index (χ0) is 31.5. The molecule has 0 spiro atoms. The normalized spacial score (nSPS) is 28.5. The van der Waals surface area contributed by atoms with E-state index in [1.54, 1.807) is 18.2 Å². The van der Waals surface area contributed by atoms with Gasteiger partial charge in [0.1, 0.15) is 0 Å². The lowest BCUT2D eigenvalue weighted by atomic mass is 9.69. The molecule has 3 aliphatic rings. The van der Waals surface area contributed by atoms with E-state index in [1.807, 2.05) is 0 Å². The number of nitrogens with two attached hydrogens (primary N) is 1. The third-order valence-electron chi connectivity index (χ3n) is 11.4. The molecular weight excluding hydrogens is 534 g/mol. The Labute approximate surface area is 261 Å². The minimum atomic E-state index is -0.586. The van der Waals surface area contributed by atoms with E-state index in [1.165, 1.54) is 0 Å². The van der Waals surface area contributed by atoms with Crippen LogP contribution in [0.5, 0.6) is 0 Å². The zero-order valence-corrected chi connectivity index (χ0v) is 28.1. The van der Waals surface area contributed by atoms with Crippen molar-refractivity contribution in [1.82, 2.24) is 4.90 Å². The second kappa shape index (κ2) is 14.2. The summed E-state index contributed by atoms with van der Waals surface area (Å²) in [6.07, 6.45) is 12.5. The lowest BCUT2D eigenvalue weighted by molar-refractivity contribution is -0.121. The van der Waals surface area contributed by atoms with Crippen molar-refractivity contribution in [3.63, 3.8) is 0 Å². The summed E-state index contributed by atoms with van der Waals surface area (Å²) in [6, 6.07) is 5.46. The molecule has 6 nitrogen and oxygen atoms in total. The van der Waals surface area contributed by atoms with Crippen LogP contribution in [-0.4, -0.2) is 34.7 Å². The Bertz CT molecular complexity index is 1080. The first-order chi connectivity index (χ1) is 20.2. The number of carbonyl (C=O) groups excluding carboxylic acids is 3. The molecule has 4 rings (SSSR count). The molecule has 3 N–H and O–H groups in total. The highest BCUT2D eigenvalue weighted by Gasteiger charge is 2.38. The Morgan fingerprint density at radius 1 is 0.721 bits per heavy atom. The second-order valence-electron chi connectivity index (χ2n) is 15.9. The summed E-state index contributed by atoms with van der Waals surface area (Å²) in [7, 11) is 0. The molecule has 1 aromatic rings. The molecular formula is C37H59N3O3. The molecule has 0 saturated heterocycles. The molecule has 0 aromatic heterocycles. The fourth-order valence-corrected chi connectivity index (χ4v) is 8.30. The number of carbonyl (C=O) groups is 3. The van der Waals surface area contributed by atoms with Crippen molar-refractivity contribution in [1.29, 1.82) is 0 Å². The van der Waals surface area contributed by atoms with Gasteiger partial charge < -0.3 is 16.0 Å². The summed E-state index contributed by atoms with van der Waals surface area (Å²) < 4.78 is 0. The number of primary amides is 1. The maximum Gasteiger partial charge on any atom is 0.254 e. The van der Waals surface area contributed by atoms with Gasteiger partial charge in [0.15, 0.2) is 0 Å². The maximum absolute atomic E-state index is 14.5. The van der Waals surface area contributed by atoms with E-state index < -0.39 is 5.91 Å². The van der Waals surface area contributed by atoms with Gasteiger partial charge in [-0.3, -0.25) is 14.4 Å². The van der Waals surface area contributed by atoms with Crippen molar-refractivity contribution >= 4 is 23.4 Å². The predicted molar refractivity (Wildman–Crippen MR) is 176 cm³/mol. The van der Waals surface area contributed by atoms with E-state index in [9.17, 15) is 14.4 Å². The SMILES string of the molecule is CC(C)[C@H]1CC[C@@H](N(C(=O)c2cc(NC(=O)[C@H]3CC[C@@H](C(C)(C)C)CC3)cc(C(N)=O)c2)[C@H]2CC[C@@H](C(C)C)CC2)CC1. The first kappa shape index (κ1) is 33.5. The molecule has 1 aromatic carbocycles. The Morgan fingerprint density at radius 3 is 1.60 bits per heavy atom.